The summed E-state index contributed by atoms with van der Waals surface area (Å²) in [5.74, 6) is 0.544. The van der Waals surface area contributed by atoms with Crippen molar-refractivity contribution in [2.45, 2.75) is 59.6 Å². The average Bonchev–Trinajstić information content (AvgIpc) is 3.63. The Kier molecular flexibility index (Phi) is 8.62. The zero-order valence-corrected chi connectivity index (χ0v) is 26.2. The molecular weight excluding hydrogens is 570 g/mol. The summed E-state index contributed by atoms with van der Waals surface area (Å²) < 4.78 is 13.8. The van der Waals surface area contributed by atoms with E-state index in [1.54, 1.807) is 17.5 Å². The summed E-state index contributed by atoms with van der Waals surface area (Å²) in [6, 6.07) is 20.1. The number of thiazole rings is 1. The molecule has 2 aromatic carbocycles. The molecule has 0 aliphatic heterocycles. The van der Waals surface area contributed by atoms with Gasteiger partial charge in [0.05, 0.1) is 17.7 Å². The SMILES string of the molecule is CCOC(=O)C(C)(C)Cc1c(C(=O)C2CCC2)c2cc(OCc3ccccn3)ccc2n1Cc1ccc(-c2nccs2)cc1. The highest BCUT2D eigenvalue weighted by Gasteiger charge is 2.37. The van der Waals surface area contributed by atoms with Crippen LogP contribution in [0.5, 0.6) is 5.75 Å². The number of fused-ring (bicyclic) bond motifs is 1. The van der Waals surface area contributed by atoms with Crippen molar-refractivity contribution in [3.8, 4) is 16.3 Å². The van der Waals surface area contributed by atoms with Gasteiger partial charge in [-0.25, -0.2) is 4.98 Å². The minimum atomic E-state index is -0.830. The average molecular weight is 608 g/mol. The van der Waals surface area contributed by atoms with E-state index in [1.165, 1.54) is 0 Å². The number of aromatic nitrogens is 3. The first-order valence-electron chi connectivity index (χ1n) is 15.2. The Hall–Kier alpha value is -4.30. The number of Topliss-reactive ketones (excluding diaryl/α,β-unsaturated/α-hetero) is 1. The fraction of sp³-hybridized carbons (Fsp3) is 0.333. The van der Waals surface area contributed by atoms with E-state index in [2.05, 4.69) is 38.8 Å². The minimum absolute atomic E-state index is 0.00539. The standard InChI is InChI=1S/C36H37N3O4S/c1-4-42-35(41)36(2,3)21-31-32(33(40)25-8-7-9-25)29-20-28(43-23-27-10-5-6-17-37-27)15-16-30(29)39(31)22-24-11-13-26(14-12-24)34-38-18-19-44-34/h5-6,10-20,25H,4,7-9,21-23H2,1-3H3. The van der Waals surface area contributed by atoms with Crippen LogP contribution in [0.1, 0.15) is 67.3 Å². The lowest BCUT2D eigenvalue weighted by Crippen LogP contribution is -2.31. The molecule has 0 bridgehead atoms. The van der Waals surface area contributed by atoms with Crippen LogP contribution in [0.2, 0.25) is 0 Å². The van der Waals surface area contributed by atoms with E-state index in [0.717, 1.165) is 57.7 Å². The normalized spacial score (nSPS) is 13.5. The number of hydrogen-bond acceptors (Lipinski definition) is 7. The van der Waals surface area contributed by atoms with Crippen molar-refractivity contribution in [3.05, 3.63) is 101 Å². The maximum absolute atomic E-state index is 14.2. The Labute approximate surface area is 261 Å². The van der Waals surface area contributed by atoms with Gasteiger partial charge >= 0.3 is 5.97 Å². The van der Waals surface area contributed by atoms with Crippen LogP contribution in [-0.2, 0) is 29.1 Å². The number of ether oxygens (including phenoxy) is 2. The van der Waals surface area contributed by atoms with Crippen LogP contribution in [0, 0.1) is 11.3 Å². The van der Waals surface area contributed by atoms with Crippen LogP contribution in [-0.4, -0.2) is 32.9 Å². The summed E-state index contributed by atoms with van der Waals surface area (Å²) in [4.78, 5) is 36.1. The lowest BCUT2D eigenvalue weighted by molar-refractivity contribution is -0.153. The number of esters is 1. The van der Waals surface area contributed by atoms with E-state index in [4.69, 9.17) is 9.47 Å². The van der Waals surface area contributed by atoms with E-state index in [0.29, 0.717) is 37.5 Å². The zero-order chi connectivity index (χ0) is 30.7. The molecule has 0 saturated heterocycles. The number of carbonyl (C=O) groups excluding carboxylic acids is 2. The largest absolute Gasteiger partial charge is 0.487 e. The lowest BCUT2D eigenvalue weighted by Gasteiger charge is -2.27. The van der Waals surface area contributed by atoms with E-state index in [-0.39, 0.29) is 17.7 Å². The third-order valence-corrected chi connectivity index (χ3v) is 9.21. The second-order valence-electron chi connectivity index (χ2n) is 12.0. The molecule has 5 aromatic rings. The van der Waals surface area contributed by atoms with Crippen LogP contribution in [0.4, 0.5) is 0 Å². The number of hydrogen-bond donors (Lipinski definition) is 0. The monoisotopic (exact) mass is 607 g/mol. The van der Waals surface area contributed by atoms with Crippen molar-refractivity contribution in [2.24, 2.45) is 11.3 Å². The van der Waals surface area contributed by atoms with Crippen molar-refractivity contribution in [1.29, 1.82) is 0 Å². The van der Waals surface area contributed by atoms with E-state index in [1.807, 2.05) is 68.7 Å². The topological polar surface area (TPSA) is 83.3 Å². The van der Waals surface area contributed by atoms with Gasteiger partial charge in [-0.2, -0.15) is 0 Å². The predicted molar refractivity (Wildman–Crippen MR) is 173 cm³/mol. The summed E-state index contributed by atoms with van der Waals surface area (Å²) in [7, 11) is 0. The molecule has 226 valence electrons. The third-order valence-electron chi connectivity index (χ3n) is 8.39. The van der Waals surface area contributed by atoms with Crippen LogP contribution >= 0.6 is 11.3 Å². The third kappa shape index (κ3) is 6.17. The highest BCUT2D eigenvalue weighted by Crippen LogP contribution is 2.39. The van der Waals surface area contributed by atoms with Crippen LogP contribution < -0.4 is 4.74 Å². The number of ketones is 1. The van der Waals surface area contributed by atoms with Gasteiger partial charge < -0.3 is 14.0 Å². The second kappa shape index (κ2) is 12.7. The maximum atomic E-state index is 14.2. The van der Waals surface area contributed by atoms with Gasteiger partial charge in [0.25, 0.3) is 0 Å². The van der Waals surface area contributed by atoms with Crippen LogP contribution in [0.15, 0.2) is 78.4 Å². The van der Waals surface area contributed by atoms with E-state index < -0.39 is 5.41 Å². The maximum Gasteiger partial charge on any atom is 0.311 e. The molecule has 0 N–H and O–H groups in total. The fourth-order valence-corrected chi connectivity index (χ4v) is 6.39. The van der Waals surface area contributed by atoms with Crippen molar-refractivity contribution in [1.82, 2.24) is 14.5 Å². The van der Waals surface area contributed by atoms with Crippen molar-refractivity contribution in [3.63, 3.8) is 0 Å². The number of nitrogens with zero attached hydrogens (tertiary/aromatic N) is 3. The molecule has 6 rings (SSSR count). The van der Waals surface area contributed by atoms with Gasteiger partial charge in [-0.1, -0.05) is 36.8 Å². The zero-order valence-electron chi connectivity index (χ0n) is 25.4. The van der Waals surface area contributed by atoms with Gasteiger partial charge in [0.2, 0.25) is 0 Å². The quantitative estimate of drug-likeness (QED) is 0.106. The molecule has 0 radical (unpaired) electrons. The molecule has 0 unspecified atom stereocenters. The van der Waals surface area contributed by atoms with Crippen molar-refractivity contribution < 1.29 is 19.1 Å². The molecule has 0 spiro atoms. The lowest BCUT2D eigenvalue weighted by atomic mass is 9.78. The van der Waals surface area contributed by atoms with Crippen molar-refractivity contribution >= 4 is 34.0 Å². The fourth-order valence-electron chi connectivity index (χ4n) is 5.75. The summed E-state index contributed by atoms with van der Waals surface area (Å²) in [6.07, 6.45) is 6.77. The summed E-state index contributed by atoms with van der Waals surface area (Å²) >= 11 is 1.61. The first kappa shape index (κ1) is 29.8. The Morgan fingerprint density at radius 2 is 1.84 bits per heavy atom. The molecule has 7 nitrogen and oxygen atoms in total. The molecular formula is C36H37N3O4S. The molecule has 0 atom stereocenters. The van der Waals surface area contributed by atoms with Gasteiger partial charge in [-0.15, -0.1) is 11.3 Å². The minimum Gasteiger partial charge on any atom is -0.487 e. The van der Waals surface area contributed by atoms with Gasteiger partial charge in [0.15, 0.2) is 5.78 Å². The van der Waals surface area contributed by atoms with E-state index in [9.17, 15) is 9.59 Å². The van der Waals surface area contributed by atoms with Gasteiger partial charge in [-0.3, -0.25) is 14.6 Å². The Bertz CT molecular complexity index is 1760. The van der Waals surface area contributed by atoms with Gasteiger partial charge in [0, 0.05) is 64.4 Å². The number of rotatable bonds is 12. The number of pyridine rings is 1. The molecule has 3 heterocycles. The molecule has 1 aliphatic rings. The molecule has 8 heteroatoms. The van der Waals surface area contributed by atoms with Crippen LogP contribution in [0.3, 0.4) is 0 Å². The first-order chi connectivity index (χ1) is 21.3. The molecule has 1 fully saturated rings. The molecule has 1 saturated carbocycles. The molecule has 44 heavy (non-hydrogen) atoms. The summed E-state index contributed by atoms with van der Waals surface area (Å²) in [6.45, 7) is 6.80. The Morgan fingerprint density at radius 1 is 1.02 bits per heavy atom. The highest BCUT2D eigenvalue weighted by molar-refractivity contribution is 7.13. The van der Waals surface area contributed by atoms with Crippen LogP contribution in [0.25, 0.3) is 21.5 Å². The second-order valence-corrected chi connectivity index (χ2v) is 12.9. The van der Waals surface area contributed by atoms with Gasteiger partial charge in [-0.05, 0) is 69.5 Å². The van der Waals surface area contributed by atoms with Gasteiger partial charge in [0.1, 0.15) is 17.4 Å². The Balaban J connectivity index is 1.45. The smallest absolute Gasteiger partial charge is 0.311 e. The molecule has 0 amide bonds. The van der Waals surface area contributed by atoms with E-state index >= 15 is 0 Å². The van der Waals surface area contributed by atoms with Crippen molar-refractivity contribution in [2.75, 3.05) is 6.61 Å². The summed E-state index contributed by atoms with van der Waals surface area (Å²) in [5.41, 5.74) is 4.66. The highest BCUT2D eigenvalue weighted by atomic mass is 32.1. The Morgan fingerprint density at radius 3 is 2.50 bits per heavy atom. The molecule has 3 aromatic heterocycles. The first-order valence-corrected chi connectivity index (χ1v) is 16.1. The number of benzene rings is 2. The number of carbonyl (C=O) groups is 2. The molecule has 1 aliphatic carbocycles. The summed E-state index contributed by atoms with van der Waals surface area (Å²) in [5, 5.41) is 3.81. The predicted octanol–water partition coefficient (Wildman–Crippen LogP) is 7.90.